The number of hydrogen-bond donors (Lipinski definition) is 0. The predicted molar refractivity (Wildman–Crippen MR) is 54.7 cm³/mol. The topological polar surface area (TPSA) is 12.5 Å². The van der Waals surface area contributed by atoms with Crippen molar-refractivity contribution in [1.82, 2.24) is 0 Å². The Labute approximate surface area is 81.2 Å². The molecule has 0 aromatic rings. The molecule has 74 valence electrons. The van der Waals surface area contributed by atoms with E-state index in [2.05, 4.69) is 19.1 Å². The molecule has 1 saturated heterocycles. The molecule has 13 heavy (non-hydrogen) atoms. The molecule has 0 aromatic carbocycles. The lowest BCUT2D eigenvalue weighted by Crippen LogP contribution is -2.10. The summed E-state index contributed by atoms with van der Waals surface area (Å²) in [4.78, 5) is 0. The quantitative estimate of drug-likeness (QED) is 0.367. The minimum Gasteiger partial charge on any atom is -0.370 e. The first-order chi connectivity index (χ1) is 6.40. The third-order valence-corrected chi connectivity index (χ3v) is 3.18. The van der Waals surface area contributed by atoms with Crippen molar-refractivity contribution >= 4 is 0 Å². The van der Waals surface area contributed by atoms with E-state index in [0.717, 1.165) is 5.92 Å². The van der Waals surface area contributed by atoms with E-state index in [4.69, 9.17) is 4.74 Å². The minimum atomic E-state index is 0.634. The summed E-state index contributed by atoms with van der Waals surface area (Å²) in [6.45, 7) is 2.25. The molecule has 1 heteroatoms. The van der Waals surface area contributed by atoms with Crippen LogP contribution in [0.5, 0.6) is 0 Å². The molecule has 1 nitrogen and oxygen atoms in total. The molecule has 1 aliphatic heterocycles. The molecule has 0 N–H and O–H groups in total. The van der Waals surface area contributed by atoms with Gasteiger partial charge in [0.1, 0.15) is 0 Å². The zero-order valence-corrected chi connectivity index (χ0v) is 8.54. The highest BCUT2D eigenvalue weighted by Crippen LogP contribution is 2.39. The maximum atomic E-state index is 5.50. The number of epoxide rings is 1. The summed E-state index contributed by atoms with van der Waals surface area (Å²) in [5.74, 6) is 0.820. The Balaban J connectivity index is 1.66. The van der Waals surface area contributed by atoms with Gasteiger partial charge in [-0.05, 0) is 31.6 Å². The maximum absolute atomic E-state index is 5.50. The molecule has 2 rings (SSSR count). The van der Waals surface area contributed by atoms with Crippen LogP contribution in [0.3, 0.4) is 0 Å². The first-order valence-electron chi connectivity index (χ1n) is 5.72. The van der Waals surface area contributed by atoms with Crippen molar-refractivity contribution in [2.45, 2.75) is 57.7 Å². The van der Waals surface area contributed by atoms with E-state index in [1.165, 1.54) is 38.5 Å². The highest BCUT2D eigenvalue weighted by molar-refractivity contribution is 4.99. The Bertz CT molecular complexity index is 186. The van der Waals surface area contributed by atoms with Crippen LogP contribution in [0.15, 0.2) is 12.2 Å². The fourth-order valence-electron chi connectivity index (χ4n) is 2.22. The van der Waals surface area contributed by atoms with Gasteiger partial charge in [-0.25, -0.2) is 0 Å². The molecule has 0 bridgehead atoms. The SMILES string of the molecule is CCCC/C=C/C1CCC2OC2C1. The summed E-state index contributed by atoms with van der Waals surface area (Å²) < 4.78 is 5.50. The van der Waals surface area contributed by atoms with Crippen LogP contribution in [0.4, 0.5) is 0 Å². The molecule has 0 radical (unpaired) electrons. The molecule has 0 amide bonds. The van der Waals surface area contributed by atoms with Crippen molar-refractivity contribution in [3.63, 3.8) is 0 Å². The highest BCUT2D eigenvalue weighted by atomic mass is 16.6. The van der Waals surface area contributed by atoms with Gasteiger partial charge in [0.15, 0.2) is 0 Å². The van der Waals surface area contributed by atoms with E-state index in [0.29, 0.717) is 12.2 Å². The number of allylic oxidation sites excluding steroid dienone is 2. The Hall–Kier alpha value is -0.300. The zero-order valence-electron chi connectivity index (χ0n) is 8.54. The second-order valence-corrected chi connectivity index (χ2v) is 4.36. The maximum Gasteiger partial charge on any atom is 0.0847 e. The van der Waals surface area contributed by atoms with E-state index in [9.17, 15) is 0 Å². The Kier molecular flexibility index (Phi) is 3.05. The third-order valence-electron chi connectivity index (χ3n) is 3.18. The van der Waals surface area contributed by atoms with E-state index >= 15 is 0 Å². The van der Waals surface area contributed by atoms with Crippen molar-refractivity contribution in [3.05, 3.63) is 12.2 Å². The van der Waals surface area contributed by atoms with Gasteiger partial charge in [-0.2, -0.15) is 0 Å². The third kappa shape index (κ3) is 2.57. The second-order valence-electron chi connectivity index (χ2n) is 4.36. The van der Waals surface area contributed by atoms with Crippen LogP contribution in [0.1, 0.15) is 45.4 Å². The molecular formula is C12H20O. The van der Waals surface area contributed by atoms with Crippen LogP contribution >= 0.6 is 0 Å². The van der Waals surface area contributed by atoms with Gasteiger partial charge in [0, 0.05) is 0 Å². The standard InChI is InChI=1S/C12H20O/c1-2-3-4-5-6-10-7-8-11-12(9-10)13-11/h5-6,10-12H,2-4,7-9H2,1H3/b6-5+. The Morgan fingerprint density at radius 1 is 1.31 bits per heavy atom. The summed E-state index contributed by atoms with van der Waals surface area (Å²) >= 11 is 0. The van der Waals surface area contributed by atoms with Crippen molar-refractivity contribution in [2.24, 2.45) is 5.92 Å². The van der Waals surface area contributed by atoms with Crippen LogP contribution in [0.25, 0.3) is 0 Å². The molecule has 3 atom stereocenters. The number of unbranched alkanes of at least 4 members (excludes halogenated alkanes) is 2. The fourth-order valence-corrected chi connectivity index (χ4v) is 2.22. The zero-order chi connectivity index (χ0) is 9.10. The van der Waals surface area contributed by atoms with Crippen LogP contribution < -0.4 is 0 Å². The largest absolute Gasteiger partial charge is 0.370 e. The van der Waals surface area contributed by atoms with Gasteiger partial charge in [0.2, 0.25) is 0 Å². The van der Waals surface area contributed by atoms with Gasteiger partial charge in [-0.15, -0.1) is 0 Å². The average molecular weight is 180 g/mol. The Morgan fingerprint density at radius 3 is 3.00 bits per heavy atom. The molecule has 1 aliphatic carbocycles. The fraction of sp³-hybridized carbons (Fsp3) is 0.833. The van der Waals surface area contributed by atoms with Gasteiger partial charge in [0.05, 0.1) is 12.2 Å². The molecule has 1 heterocycles. The highest BCUT2D eigenvalue weighted by Gasteiger charge is 2.42. The van der Waals surface area contributed by atoms with Crippen molar-refractivity contribution in [1.29, 1.82) is 0 Å². The number of rotatable bonds is 4. The summed E-state index contributed by atoms with van der Waals surface area (Å²) in [5, 5.41) is 0. The van der Waals surface area contributed by atoms with Crippen LogP contribution in [-0.4, -0.2) is 12.2 Å². The number of ether oxygens (including phenoxy) is 1. The van der Waals surface area contributed by atoms with E-state index in [-0.39, 0.29) is 0 Å². The smallest absolute Gasteiger partial charge is 0.0847 e. The summed E-state index contributed by atoms with van der Waals surface area (Å²) in [5.41, 5.74) is 0. The van der Waals surface area contributed by atoms with Gasteiger partial charge >= 0.3 is 0 Å². The van der Waals surface area contributed by atoms with Crippen LogP contribution in [0.2, 0.25) is 0 Å². The molecular weight excluding hydrogens is 160 g/mol. The van der Waals surface area contributed by atoms with E-state index in [1.54, 1.807) is 0 Å². The minimum absolute atomic E-state index is 0.634. The van der Waals surface area contributed by atoms with Crippen LogP contribution in [-0.2, 0) is 4.74 Å². The van der Waals surface area contributed by atoms with Crippen molar-refractivity contribution < 1.29 is 4.74 Å². The van der Waals surface area contributed by atoms with E-state index in [1.807, 2.05) is 0 Å². The normalized spacial score (nSPS) is 37.8. The van der Waals surface area contributed by atoms with Gasteiger partial charge in [-0.1, -0.05) is 31.9 Å². The number of hydrogen-bond acceptors (Lipinski definition) is 1. The summed E-state index contributed by atoms with van der Waals surface area (Å²) in [6, 6.07) is 0. The molecule has 2 aliphatic rings. The van der Waals surface area contributed by atoms with Crippen molar-refractivity contribution in [3.8, 4) is 0 Å². The molecule has 0 spiro atoms. The monoisotopic (exact) mass is 180 g/mol. The first kappa shape index (κ1) is 9.26. The molecule has 0 aromatic heterocycles. The van der Waals surface area contributed by atoms with Gasteiger partial charge in [0.25, 0.3) is 0 Å². The summed E-state index contributed by atoms with van der Waals surface area (Å²) in [7, 11) is 0. The lowest BCUT2D eigenvalue weighted by molar-refractivity contribution is 0.370. The second kappa shape index (κ2) is 4.28. The Morgan fingerprint density at radius 2 is 2.23 bits per heavy atom. The van der Waals surface area contributed by atoms with Crippen molar-refractivity contribution in [2.75, 3.05) is 0 Å². The lowest BCUT2D eigenvalue weighted by atomic mass is 9.89. The van der Waals surface area contributed by atoms with Gasteiger partial charge in [-0.3, -0.25) is 0 Å². The first-order valence-corrected chi connectivity index (χ1v) is 5.72. The molecule has 1 saturated carbocycles. The predicted octanol–water partition coefficient (Wildman–Crippen LogP) is 3.30. The van der Waals surface area contributed by atoms with Gasteiger partial charge < -0.3 is 4.74 Å². The lowest BCUT2D eigenvalue weighted by Gasteiger charge is -2.14. The van der Waals surface area contributed by atoms with E-state index < -0.39 is 0 Å². The average Bonchev–Trinajstić information content (AvgIpc) is 2.90. The molecule has 3 unspecified atom stereocenters. The molecule has 2 fully saturated rings. The summed E-state index contributed by atoms with van der Waals surface area (Å²) in [6.07, 6.45) is 13.9. The number of fused-ring (bicyclic) bond motifs is 1. The van der Waals surface area contributed by atoms with Crippen LogP contribution in [0, 0.1) is 5.92 Å².